The molecule has 0 unspecified atom stereocenters. The van der Waals surface area contributed by atoms with E-state index >= 15 is 0 Å². The average molecular weight is 401 g/mol. The Morgan fingerprint density at radius 2 is 1.75 bits per heavy atom. The second-order valence-electron chi connectivity index (χ2n) is 8.38. The van der Waals surface area contributed by atoms with Gasteiger partial charge >= 0.3 is 0 Å². The van der Waals surface area contributed by atoms with Crippen LogP contribution in [0.1, 0.15) is 46.1 Å². The molecule has 0 saturated heterocycles. The first-order chi connectivity index (χ1) is 12.9. The minimum absolute atomic E-state index is 0.0551. The summed E-state index contributed by atoms with van der Waals surface area (Å²) in [5, 5.41) is 4.64. The molecule has 0 bridgehead atoms. The highest BCUT2D eigenvalue weighted by atomic mass is 32.2. The number of carbonyl (C=O) groups excluding carboxylic acids is 1. The lowest BCUT2D eigenvalue weighted by Crippen LogP contribution is -2.41. The van der Waals surface area contributed by atoms with E-state index in [1.807, 2.05) is 20.8 Å². The van der Waals surface area contributed by atoms with Gasteiger partial charge in [-0.2, -0.15) is 0 Å². The Morgan fingerprint density at radius 3 is 2.39 bits per heavy atom. The predicted molar refractivity (Wildman–Crippen MR) is 107 cm³/mol. The zero-order valence-electron chi connectivity index (χ0n) is 16.7. The zero-order chi connectivity index (χ0) is 20.7. The molecule has 0 spiro atoms. The van der Waals surface area contributed by atoms with Gasteiger partial charge in [0.2, 0.25) is 0 Å². The molecule has 0 amide bonds. The SMILES string of the molecule is CC(C)(C)c1cc(CC(=O)C(C)(C)S(=O)(=O)c2cccc3cccnc23)no1. The van der Waals surface area contributed by atoms with Crippen LogP contribution >= 0.6 is 0 Å². The number of carbonyl (C=O) groups is 1. The molecule has 1 aromatic carbocycles. The maximum absolute atomic E-state index is 13.4. The monoisotopic (exact) mass is 400 g/mol. The molecule has 0 atom stereocenters. The number of pyridine rings is 1. The predicted octanol–water partition coefficient (Wildman–Crippen LogP) is 3.88. The Hall–Kier alpha value is -2.54. The van der Waals surface area contributed by atoms with Crippen molar-refractivity contribution in [2.45, 2.75) is 56.1 Å². The standard InChI is InChI=1S/C21H24N2O4S/c1-20(2,3)18-13-15(23-27-18)12-17(24)21(4,5)28(25,26)16-10-6-8-14-9-7-11-22-19(14)16/h6-11,13H,12H2,1-5H3. The molecule has 0 aliphatic rings. The minimum Gasteiger partial charge on any atom is -0.361 e. The Labute approximate surface area is 164 Å². The van der Waals surface area contributed by atoms with Crippen molar-refractivity contribution in [3.8, 4) is 0 Å². The van der Waals surface area contributed by atoms with E-state index in [4.69, 9.17) is 4.52 Å². The Bertz CT molecular complexity index is 1130. The topological polar surface area (TPSA) is 90.1 Å². The number of hydrogen-bond acceptors (Lipinski definition) is 6. The van der Waals surface area contributed by atoms with Crippen LogP contribution in [0.2, 0.25) is 0 Å². The summed E-state index contributed by atoms with van der Waals surface area (Å²) in [6, 6.07) is 10.2. The van der Waals surface area contributed by atoms with Crippen molar-refractivity contribution < 1.29 is 17.7 Å². The quantitative estimate of drug-likeness (QED) is 0.645. The molecule has 148 valence electrons. The van der Waals surface area contributed by atoms with E-state index in [1.54, 1.807) is 36.5 Å². The van der Waals surface area contributed by atoms with E-state index in [9.17, 15) is 13.2 Å². The molecule has 0 radical (unpaired) electrons. The fourth-order valence-corrected chi connectivity index (χ4v) is 4.45. The van der Waals surface area contributed by atoms with Crippen LogP contribution in [0.15, 0.2) is 52.0 Å². The van der Waals surface area contributed by atoms with Crippen molar-refractivity contribution in [3.05, 3.63) is 54.0 Å². The molecule has 6 nitrogen and oxygen atoms in total. The van der Waals surface area contributed by atoms with Gasteiger partial charge in [-0.05, 0) is 26.0 Å². The van der Waals surface area contributed by atoms with Crippen molar-refractivity contribution in [1.29, 1.82) is 0 Å². The highest BCUT2D eigenvalue weighted by Crippen LogP contribution is 2.32. The van der Waals surface area contributed by atoms with Crippen LogP contribution in [-0.2, 0) is 26.5 Å². The van der Waals surface area contributed by atoms with Crippen LogP contribution in [0, 0.1) is 0 Å². The first kappa shape index (κ1) is 20.2. The fourth-order valence-electron chi connectivity index (χ4n) is 2.84. The van der Waals surface area contributed by atoms with Crippen LogP contribution in [-0.4, -0.2) is 29.1 Å². The first-order valence-electron chi connectivity index (χ1n) is 9.02. The third-order valence-corrected chi connectivity index (χ3v) is 7.35. The smallest absolute Gasteiger partial charge is 0.192 e. The number of aromatic nitrogens is 2. The molecular weight excluding hydrogens is 376 g/mol. The van der Waals surface area contributed by atoms with E-state index in [1.165, 1.54) is 19.9 Å². The van der Waals surface area contributed by atoms with Crippen molar-refractivity contribution >= 4 is 26.5 Å². The highest BCUT2D eigenvalue weighted by molar-refractivity contribution is 7.93. The number of rotatable bonds is 5. The Balaban J connectivity index is 1.96. The van der Waals surface area contributed by atoms with Gasteiger partial charge in [-0.25, -0.2) is 8.42 Å². The minimum atomic E-state index is -3.98. The molecule has 2 aromatic heterocycles. The molecule has 0 saturated carbocycles. The summed E-state index contributed by atoms with van der Waals surface area (Å²) >= 11 is 0. The number of para-hydroxylation sites is 1. The lowest BCUT2D eigenvalue weighted by Gasteiger charge is -2.23. The van der Waals surface area contributed by atoms with Gasteiger partial charge in [0, 0.05) is 23.1 Å². The van der Waals surface area contributed by atoms with Crippen LogP contribution in [0.5, 0.6) is 0 Å². The summed E-state index contributed by atoms with van der Waals surface area (Å²) in [5.41, 5.74) is 0.543. The summed E-state index contributed by atoms with van der Waals surface area (Å²) in [6.45, 7) is 8.78. The summed E-state index contributed by atoms with van der Waals surface area (Å²) < 4.78 is 30.4. The van der Waals surface area contributed by atoms with Crippen molar-refractivity contribution in [1.82, 2.24) is 10.1 Å². The normalized spacial score (nSPS) is 13.0. The molecule has 3 aromatic rings. The van der Waals surface area contributed by atoms with E-state index in [-0.39, 0.29) is 16.7 Å². The fraction of sp³-hybridized carbons (Fsp3) is 0.381. The number of Topliss-reactive ketones (excluding diaryl/α,β-unsaturated/α-hetero) is 1. The number of fused-ring (bicyclic) bond motifs is 1. The number of sulfone groups is 1. The van der Waals surface area contributed by atoms with Crippen molar-refractivity contribution in [2.24, 2.45) is 0 Å². The molecule has 0 fully saturated rings. The van der Waals surface area contributed by atoms with Gasteiger partial charge in [0.15, 0.2) is 15.6 Å². The third kappa shape index (κ3) is 3.46. The molecule has 0 aliphatic carbocycles. The van der Waals surface area contributed by atoms with Crippen LogP contribution in [0.3, 0.4) is 0 Å². The highest BCUT2D eigenvalue weighted by Gasteiger charge is 2.43. The van der Waals surface area contributed by atoms with Gasteiger partial charge in [0.1, 0.15) is 10.5 Å². The van der Waals surface area contributed by atoms with Gasteiger partial charge in [0.05, 0.1) is 22.5 Å². The Kier molecular flexibility index (Phi) is 4.91. The summed E-state index contributed by atoms with van der Waals surface area (Å²) in [5.74, 6) is 0.198. The first-order valence-corrected chi connectivity index (χ1v) is 10.5. The van der Waals surface area contributed by atoms with Gasteiger partial charge < -0.3 is 4.52 Å². The van der Waals surface area contributed by atoms with Gasteiger partial charge in [-0.3, -0.25) is 9.78 Å². The van der Waals surface area contributed by atoms with Gasteiger partial charge in [-0.1, -0.05) is 44.1 Å². The van der Waals surface area contributed by atoms with Crippen molar-refractivity contribution in [2.75, 3.05) is 0 Å². The van der Waals surface area contributed by atoms with E-state index < -0.39 is 20.4 Å². The van der Waals surface area contributed by atoms with E-state index in [2.05, 4.69) is 10.1 Å². The van der Waals surface area contributed by atoms with Crippen LogP contribution < -0.4 is 0 Å². The molecular formula is C21H24N2O4S. The largest absolute Gasteiger partial charge is 0.361 e. The zero-order valence-corrected chi connectivity index (χ0v) is 17.5. The second kappa shape index (κ2) is 6.81. The average Bonchev–Trinajstić information content (AvgIpc) is 3.10. The molecule has 7 heteroatoms. The molecule has 3 rings (SSSR count). The number of hydrogen-bond donors (Lipinski definition) is 0. The molecule has 2 heterocycles. The van der Waals surface area contributed by atoms with Gasteiger partial charge in [0.25, 0.3) is 0 Å². The molecule has 0 aliphatic heterocycles. The second-order valence-corrected chi connectivity index (χ2v) is 10.8. The summed E-state index contributed by atoms with van der Waals surface area (Å²) in [7, 11) is -3.98. The summed E-state index contributed by atoms with van der Waals surface area (Å²) in [6.07, 6.45) is 1.42. The summed E-state index contributed by atoms with van der Waals surface area (Å²) in [4.78, 5) is 17.2. The molecule has 28 heavy (non-hydrogen) atoms. The molecule has 0 N–H and O–H groups in total. The number of nitrogens with zero attached hydrogens (tertiary/aromatic N) is 2. The van der Waals surface area contributed by atoms with Crippen molar-refractivity contribution in [3.63, 3.8) is 0 Å². The van der Waals surface area contributed by atoms with E-state index in [0.717, 1.165) is 0 Å². The van der Waals surface area contributed by atoms with Gasteiger partial charge in [-0.15, -0.1) is 0 Å². The van der Waals surface area contributed by atoms with E-state index in [0.29, 0.717) is 22.4 Å². The Morgan fingerprint density at radius 1 is 1.07 bits per heavy atom. The van der Waals surface area contributed by atoms with Crippen LogP contribution in [0.4, 0.5) is 0 Å². The third-order valence-electron chi connectivity index (χ3n) is 4.87. The number of ketones is 1. The number of benzene rings is 1. The maximum atomic E-state index is 13.4. The maximum Gasteiger partial charge on any atom is 0.192 e. The van der Waals surface area contributed by atoms with Crippen LogP contribution in [0.25, 0.3) is 10.9 Å². The lowest BCUT2D eigenvalue weighted by molar-refractivity contribution is -0.120. The lowest BCUT2D eigenvalue weighted by atomic mass is 9.92.